The molecule has 0 heterocycles. The van der Waals surface area contributed by atoms with Gasteiger partial charge >= 0.3 is 6.03 Å². The Labute approximate surface area is 144 Å². The molecule has 0 spiro atoms. The zero-order valence-corrected chi connectivity index (χ0v) is 14.9. The Bertz CT molecular complexity index is 494. The van der Waals surface area contributed by atoms with Gasteiger partial charge in [0.05, 0.1) is 13.2 Å². The zero-order chi connectivity index (χ0) is 17.8. The van der Waals surface area contributed by atoms with Crippen molar-refractivity contribution in [2.75, 3.05) is 25.1 Å². The molecule has 1 aromatic rings. The number of benzene rings is 1. The van der Waals surface area contributed by atoms with Crippen molar-refractivity contribution in [1.29, 1.82) is 0 Å². The third-order valence-electron chi connectivity index (χ3n) is 3.43. The molecule has 2 amide bonds. The molecule has 136 valence electrons. The maximum atomic E-state index is 12.1. The number of anilines is 1. The first kappa shape index (κ1) is 20.1. The summed E-state index contributed by atoms with van der Waals surface area (Å²) in [5, 5.41) is 14.6. The molecule has 24 heavy (non-hydrogen) atoms. The molecule has 1 unspecified atom stereocenters. The van der Waals surface area contributed by atoms with Crippen LogP contribution in [0.2, 0.25) is 0 Å². The van der Waals surface area contributed by atoms with Crippen molar-refractivity contribution in [1.82, 2.24) is 5.32 Å². The summed E-state index contributed by atoms with van der Waals surface area (Å²) in [6.07, 6.45) is 3.12. The molecule has 0 aromatic heterocycles. The Morgan fingerprint density at radius 3 is 2.38 bits per heavy atom. The van der Waals surface area contributed by atoms with Gasteiger partial charge in [0.2, 0.25) is 0 Å². The fourth-order valence-corrected chi connectivity index (χ4v) is 2.13. The van der Waals surface area contributed by atoms with Gasteiger partial charge < -0.3 is 25.2 Å². The number of amides is 2. The number of rotatable bonds is 11. The third-order valence-corrected chi connectivity index (χ3v) is 3.43. The summed E-state index contributed by atoms with van der Waals surface area (Å²) in [7, 11) is 0. The normalized spacial score (nSPS) is 11.7. The van der Waals surface area contributed by atoms with Gasteiger partial charge in [-0.3, -0.25) is 0 Å². The van der Waals surface area contributed by atoms with E-state index < -0.39 is 0 Å². The van der Waals surface area contributed by atoms with Gasteiger partial charge in [-0.05, 0) is 37.8 Å². The number of aliphatic hydroxyl groups excluding tert-OH is 1. The molecular weight excluding hydrogens is 308 g/mol. The van der Waals surface area contributed by atoms with Gasteiger partial charge in [-0.2, -0.15) is 0 Å². The van der Waals surface area contributed by atoms with Gasteiger partial charge in [0.1, 0.15) is 0 Å². The molecule has 0 aliphatic carbocycles. The Hall–Kier alpha value is -1.95. The number of hydrogen-bond acceptors (Lipinski definition) is 4. The second-order valence-corrected chi connectivity index (χ2v) is 5.57. The van der Waals surface area contributed by atoms with Crippen LogP contribution < -0.4 is 20.1 Å². The fraction of sp³-hybridized carbons (Fsp3) is 0.611. The largest absolute Gasteiger partial charge is 0.490 e. The molecule has 3 N–H and O–H groups in total. The summed E-state index contributed by atoms with van der Waals surface area (Å²) in [6, 6.07) is 5.03. The van der Waals surface area contributed by atoms with Crippen LogP contribution >= 0.6 is 0 Å². The number of urea groups is 1. The predicted octanol–water partition coefficient (Wildman–Crippen LogP) is 3.55. The monoisotopic (exact) mass is 338 g/mol. The second kappa shape index (κ2) is 11.6. The number of carbonyl (C=O) groups excluding carboxylic acids is 1. The average molecular weight is 338 g/mol. The van der Waals surface area contributed by atoms with Crippen molar-refractivity contribution in [3.63, 3.8) is 0 Å². The van der Waals surface area contributed by atoms with E-state index in [-0.39, 0.29) is 18.7 Å². The van der Waals surface area contributed by atoms with Gasteiger partial charge in [-0.15, -0.1) is 0 Å². The van der Waals surface area contributed by atoms with Crippen molar-refractivity contribution < 1.29 is 19.4 Å². The minimum Gasteiger partial charge on any atom is -0.490 e. The number of aliphatic hydroxyl groups is 1. The highest BCUT2D eigenvalue weighted by Crippen LogP contribution is 2.31. The number of hydrogen-bond donors (Lipinski definition) is 3. The smallest absolute Gasteiger partial charge is 0.319 e. The lowest BCUT2D eigenvalue weighted by Crippen LogP contribution is -2.38. The summed E-state index contributed by atoms with van der Waals surface area (Å²) in [6.45, 7) is 7.31. The van der Waals surface area contributed by atoms with Crippen LogP contribution in [0.4, 0.5) is 10.5 Å². The quantitative estimate of drug-likeness (QED) is 0.576. The molecule has 6 nitrogen and oxygen atoms in total. The summed E-state index contributed by atoms with van der Waals surface area (Å²) in [5.74, 6) is 1.31. The molecule has 0 saturated carbocycles. The molecule has 1 rings (SSSR count). The van der Waals surface area contributed by atoms with Gasteiger partial charge in [0, 0.05) is 24.4 Å². The predicted molar refractivity (Wildman–Crippen MR) is 96.0 cm³/mol. The molecule has 6 heteroatoms. The Morgan fingerprint density at radius 2 is 1.79 bits per heavy atom. The van der Waals surface area contributed by atoms with Crippen LogP contribution in [0.3, 0.4) is 0 Å². The first-order valence-corrected chi connectivity index (χ1v) is 8.72. The highest BCUT2D eigenvalue weighted by molar-refractivity contribution is 5.89. The van der Waals surface area contributed by atoms with Crippen LogP contribution in [0, 0.1) is 0 Å². The lowest BCUT2D eigenvalue weighted by Gasteiger charge is -2.17. The summed E-state index contributed by atoms with van der Waals surface area (Å²) < 4.78 is 11.4. The molecule has 0 bridgehead atoms. The number of ether oxygens (including phenoxy) is 2. The topological polar surface area (TPSA) is 79.8 Å². The maximum absolute atomic E-state index is 12.1. The van der Waals surface area contributed by atoms with E-state index in [0.29, 0.717) is 36.8 Å². The van der Waals surface area contributed by atoms with Crippen molar-refractivity contribution >= 4 is 11.7 Å². The lowest BCUT2D eigenvalue weighted by molar-refractivity contribution is 0.237. The van der Waals surface area contributed by atoms with Crippen LogP contribution in [0.1, 0.15) is 46.5 Å². The van der Waals surface area contributed by atoms with E-state index in [2.05, 4.69) is 10.6 Å². The Balaban J connectivity index is 2.74. The molecule has 1 atom stereocenters. The fourth-order valence-electron chi connectivity index (χ4n) is 2.13. The molecule has 0 aliphatic rings. The van der Waals surface area contributed by atoms with E-state index in [9.17, 15) is 4.79 Å². The van der Waals surface area contributed by atoms with Crippen molar-refractivity contribution in [2.24, 2.45) is 0 Å². The molecule has 0 aliphatic heterocycles. The molecule has 0 fully saturated rings. The van der Waals surface area contributed by atoms with E-state index in [1.807, 2.05) is 20.8 Å². The van der Waals surface area contributed by atoms with Gasteiger partial charge in [0.15, 0.2) is 11.5 Å². The van der Waals surface area contributed by atoms with Crippen LogP contribution in [-0.2, 0) is 0 Å². The van der Waals surface area contributed by atoms with Crippen LogP contribution in [0.25, 0.3) is 0 Å². The van der Waals surface area contributed by atoms with Gasteiger partial charge in [-0.25, -0.2) is 4.79 Å². The highest BCUT2D eigenvalue weighted by Gasteiger charge is 2.12. The minimum atomic E-state index is -0.293. The number of nitrogens with one attached hydrogen (secondary N) is 2. The van der Waals surface area contributed by atoms with E-state index in [4.69, 9.17) is 14.6 Å². The van der Waals surface area contributed by atoms with E-state index in [1.165, 1.54) is 0 Å². The lowest BCUT2D eigenvalue weighted by atomic mass is 10.2. The van der Waals surface area contributed by atoms with E-state index in [0.717, 1.165) is 19.3 Å². The van der Waals surface area contributed by atoms with Crippen LogP contribution in [-0.4, -0.2) is 37.0 Å². The first-order chi connectivity index (χ1) is 11.6. The van der Waals surface area contributed by atoms with Crippen molar-refractivity contribution in [3.05, 3.63) is 18.2 Å². The standard InChI is InChI=1S/C18H30N2O4/c1-4-11-23-16-8-7-15(13-17(16)24-12-5-2)20-18(22)19-14(6-3)9-10-21/h7-8,13-14,21H,4-6,9-12H2,1-3H3,(H2,19,20,22). The summed E-state index contributed by atoms with van der Waals surface area (Å²) >= 11 is 0. The minimum absolute atomic E-state index is 0.0435. The summed E-state index contributed by atoms with van der Waals surface area (Å²) in [4.78, 5) is 12.1. The van der Waals surface area contributed by atoms with Gasteiger partial charge in [0.25, 0.3) is 0 Å². The van der Waals surface area contributed by atoms with Crippen molar-refractivity contribution in [3.8, 4) is 11.5 Å². The Kier molecular flexibility index (Phi) is 9.68. The molecule has 0 radical (unpaired) electrons. The third kappa shape index (κ3) is 7.08. The van der Waals surface area contributed by atoms with E-state index >= 15 is 0 Å². The van der Waals surface area contributed by atoms with Crippen LogP contribution in [0.15, 0.2) is 18.2 Å². The summed E-state index contributed by atoms with van der Waals surface area (Å²) in [5.41, 5.74) is 0.640. The van der Waals surface area contributed by atoms with Crippen LogP contribution in [0.5, 0.6) is 11.5 Å². The van der Waals surface area contributed by atoms with E-state index in [1.54, 1.807) is 18.2 Å². The zero-order valence-electron chi connectivity index (χ0n) is 14.9. The second-order valence-electron chi connectivity index (χ2n) is 5.57. The SMILES string of the molecule is CCCOc1ccc(NC(=O)NC(CC)CCO)cc1OCCC. The van der Waals surface area contributed by atoms with Crippen molar-refractivity contribution in [2.45, 2.75) is 52.5 Å². The first-order valence-electron chi connectivity index (χ1n) is 8.72. The Morgan fingerprint density at radius 1 is 1.12 bits per heavy atom. The number of carbonyl (C=O) groups is 1. The molecular formula is C18H30N2O4. The molecule has 0 saturated heterocycles. The average Bonchev–Trinajstić information content (AvgIpc) is 2.58. The molecule has 1 aromatic carbocycles. The maximum Gasteiger partial charge on any atom is 0.319 e. The van der Waals surface area contributed by atoms with Gasteiger partial charge in [-0.1, -0.05) is 20.8 Å². The highest BCUT2D eigenvalue weighted by atomic mass is 16.5.